The van der Waals surface area contributed by atoms with Crippen LogP contribution in [0.2, 0.25) is 0 Å². The summed E-state index contributed by atoms with van der Waals surface area (Å²) in [6.45, 7) is 2.74. The lowest BCUT2D eigenvalue weighted by Crippen LogP contribution is -2.50. The molecule has 0 aromatic heterocycles. The summed E-state index contributed by atoms with van der Waals surface area (Å²) in [5.41, 5.74) is 0. The summed E-state index contributed by atoms with van der Waals surface area (Å²) >= 11 is 1.41. The van der Waals surface area contributed by atoms with Gasteiger partial charge in [0.1, 0.15) is 6.04 Å². The average Bonchev–Trinajstić information content (AvgIpc) is 2.84. The first kappa shape index (κ1) is 15.1. The Bertz CT molecular complexity index is 432. The van der Waals surface area contributed by atoms with E-state index < -0.39 is 27.3 Å². The summed E-state index contributed by atoms with van der Waals surface area (Å²) in [6.07, 6.45) is 1.52. The van der Waals surface area contributed by atoms with E-state index in [2.05, 4.69) is 0 Å². The normalized spacial score (nSPS) is 30.6. The number of aliphatic carboxylic acids is 1. The Hall–Kier alpha value is -0.310. The van der Waals surface area contributed by atoms with Crippen molar-refractivity contribution in [2.75, 3.05) is 19.0 Å². The molecule has 1 N–H and O–H groups in total. The standard InChI is InChI=1S/C11H19NO5S2/c1-2-10-12(9(7-18-10)11(13)14)19(15,16)8-3-5-17-6-4-8/h8-10H,2-7H2,1H3,(H,13,14). The van der Waals surface area contributed by atoms with Gasteiger partial charge in [-0.15, -0.1) is 11.8 Å². The highest BCUT2D eigenvalue weighted by atomic mass is 32.2. The van der Waals surface area contributed by atoms with Gasteiger partial charge in [-0.3, -0.25) is 4.79 Å². The van der Waals surface area contributed by atoms with Crippen LogP contribution >= 0.6 is 11.8 Å². The minimum absolute atomic E-state index is 0.256. The second-order valence-corrected chi connectivity index (χ2v) is 8.07. The molecule has 0 aromatic rings. The molecule has 0 amide bonds. The Balaban J connectivity index is 2.26. The Morgan fingerprint density at radius 3 is 2.58 bits per heavy atom. The van der Waals surface area contributed by atoms with Gasteiger partial charge in [0.15, 0.2) is 0 Å². The number of nitrogens with zero attached hydrogens (tertiary/aromatic N) is 1. The van der Waals surface area contributed by atoms with E-state index in [4.69, 9.17) is 4.74 Å². The number of hydrogen-bond donors (Lipinski definition) is 1. The van der Waals surface area contributed by atoms with Crippen LogP contribution in [0.1, 0.15) is 26.2 Å². The molecule has 2 aliphatic heterocycles. The van der Waals surface area contributed by atoms with Gasteiger partial charge in [-0.2, -0.15) is 4.31 Å². The number of rotatable bonds is 4. The molecule has 0 spiro atoms. The molecule has 2 fully saturated rings. The van der Waals surface area contributed by atoms with Crippen LogP contribution in [0.3, 0.4) is 0 Å². The number of carbonyl (C=O) groups is 1. The van der Waals surface area contributed by atoms with Crippen LogP contribution in [0, 0.1) is 0 Å². The van der Waals surface area contributed by atoms with Gasteiger partial charge in [-0.25, -0.2) is 8.42 Å². The molecule has 0 aromatic carbocycles. The van der Waals surface area contributed by atoms with Gasteiger partial charge in [0, 0.05) is 19.0 Å². The van der Waals surface area contributed by atoms with E-state index in [0.29, 0.717) is 38.2 Å². The second kappa shape index (κ2) is 5.99. The number of carboxylic acids is 1. The van der Waals surface area contributed by atoms with Gasteiger partial charge in [-0.05, 0) is 19.3 Å². The molecule has 0 aliphatic carbocycles. The first-order valence-electron chi connectivity index (χ1n) is 6.43. The number of ether oxygens (including phenoxy) is 1. The zero-order chi connectivity index (χ0) is 14.0. The van der Waals surface area contributed by atoms with Crippen molar-refractivity contribution in [1.29, 1.82) is 0 Å². The van der Waals surface area contributed by atoms with Crippen LogP contribution in [0.25, 0.3) is 0 Å². The molecule has 2 heterocycles. The predicted molar refractivity (Wildman–Crippen MR) is 72.6 cm³/mol. The maximum Gasteiger partial charge on any atom is 0.322 e. The van der Waals surface area contributed by atoms with Gasteiger partial charge < -0.3 is 9.84 Å². The van der Waals surface area contributed by atoms with Crippen molar-refractivity contribution in [3.05, 3.63) is 0 Å². The van der Waals surface area contributed by atoms with Crippen LogP contribution in [0.5, 0.6) is 0 Å². The lowest BCUT2D eigenvalue weighted by atomic mass is 10.2. The third-order valence-electron chi connectivity index (χ3n) is 3.56. The highest BCUT2D eigenvalue weighted by molar-refractivity contribution is 8.01. The molecule has 2 saturated heterocycles. The highest BCUT2D eigenvalue weighted by Crippen LogP contribution is 2.36. The monoisotopic (exact) mass is 309 g/mol. The third kappa shape index (κ3) is 2.91. The number of carboxylic acid groups (broad SMARTS) is 1. The molecular formula is C11H19NO5S2. The van der Waals surface area contributed by atoms with Crippen LogP contribution in [0.15, 0.2) is 0 Å². The van der Waals surface area contributed by atoms with Gasteiger partial charge in [0.25, 0.3) is 0 Å². The Labute approximate surface area is 117 Å². The van der Waals surface area contributed by atoms with E-state index in [0.717, 1.165) is 0 Å². The summed E-state index contributed by atoms with van der Waals surface area (Å²) in [7, 11) is -3.57. The molecule has 6 nitrogen and oxygen atoms in total. The summed E-state index contributed by atoms with van der Waals surface area (Å²) in [4.78, 5) is 11.3. The van der Waals surface area contributed by atoms with Crippen molar-refractivity contribution in [2.24, 2.45) is 0 Å². The number of thioether (sulfide) groups is 1. The lowest BCUT2D eigenvalue weighted by molar-refractivity contribution is -0.140. The zero-order valence-electron chi connectivity index (χ0n) is 10.8. The predicted octanol–water partition coefficient (Wildman–Crippen LogP) is 0.733. The summed E-state index contributed by atoms with van der Waals surface area (Å²) < 4.78 is 31.7. The van der Waals surface area contributed by atoms with E-state index in [9.17, 15) is 18.3 Å². The fourth-order valence-electron chi connectivity index (χ4n) is 2.51. The summed E-state index contributed by atoms with van der Waals surface area (Å²) in [6, 6.07) is -0.928. The number of hydrogen-bond acceptors (Lipinski definition) is 5. The molecule has 2 atom stereocenters. The molecule has 2 unspecified atom stereocenters. The highest BCUT2D eigenvalue weighted by Gasteiger charge is 2.47. The van der Waals surface area contributed by atoms with E-state index in [-0.39, 0.29) is 5.37 Å². The van der Waals surface area contributed by atoms with Crippen molar-refractivity contribution in [1.82, 2.24) is 4.31 Å². The lowest BCUT2D eigenvalue weighted by Gasteiger charge is -2.31. The topological polar surface area (TPSA) is 83.9 Å². The Morgan fingerprint density at radius 1 is 1.42 bits per heavy atom. The quantitative estimate of drug-likeness (QED) is 0.824. The van der Waals surface area contributed by atoms with E-state index >= 15 is 0 Å². The summed E-state index contributed by atoms with van der Waals surface area (Å²) in [5, 5.41) is 8.46. The van der Waals surface area contributed by atoms with Crippen LogP contribution in [-0.2, 0) is 19.6 Å². The van der Waals surface area contributed by atoms with Crippen molar-refractivity contribution in [2.45, 2.75) is 42.9 Å². The van der Waals surface area contributed by atoms with Crippen molar-refractivity contribution >= 4 is 27.8 Å². The summed E-state index contributed by atoms with van der Waals surface area (Å²) in [5.74, 6) is -0.727. The van der Waals surface area contributed by atoms with Gasteiger partial charge >= 0.3 is 5.97 Å². The SMILES string of the molecule is CCC1SCC(C(=O)O)N1S(=O)(=O)C1CCOCC1. The maximum absolute atomic E-state index is 12.7. The minimum Gasteiger partial charge on any atom is -0.480 e. The molecular weight excluding hydrogens is 290 g/mol. The molecule has 2 rings (SSSR count). The van der Waals surface area contributed by atoms with Crippen molar-refractivity contribution in [3.63, 3.8) is 0 Å². The number of sulfonamides is 1. The third-order valence-corrected chi connectivity index (χ3v) is 7.55. The fourth-order valence-corrected chi connectivity index (χ4v) is 6.52. The van der Waals surface area contributed by atoms with Crippen LogP contribution in [0.4, 0.5) is 0 Å². The Morgan fingerprint density at radius 2 is 2.05 bits per heavy atom. The van der Waals surface area contributed by atoms with Gasteiger partial charge in [-0.1, -0.05) is 6.92 Å². The maximum atomic E-state index is 12.7. The molecule has 8 heteroatoms. The zero-order valence-corrected chi connectivity index (χ0v) is 12.5. The molecule has 19 heavy (non-hydrogen) atoms. The molecule has 0 bridgehead atoms. The first-order valence-corrected chi connectivity index (χ1v) is 8.98. The van der Waals surface area contributed by atoms with Crippen molar-refractivity contribution < 1.29 is 23.1 Å². The molecule has 0 radical (unpaired) electrons. The van der Waals surface area contributed by atoms with Gasteiger partial charge in [0.2, 0.25) is 10.0 Å². The first-order chi connectivity index (χ1) is 8.98. The van der Waals surface area contributed by atoms with Crippen LogP contribution < -0.4 is 0 Å². The molecule has 2 aliphatic rings. The molecule has 110 valence electrons. The smallest absolute Gasteiger partial charge is 0.322 e. The van der Waals surface area contributed by atoms with Crippen molar-refractivity contribution in [3.8, 4) is 0 Å². The minimum atomic E-state index is -3.57. The second-order valence-electron chi connectivity index (χ2n) is 4.74. The van der Waals surface area contributed by atoms with E-state index in [1.165, 1.54) is 16.1 Å². The average molecular weight is 309 g/mol. The largest absolute Gasteiger partial charge is 0.480 e. The van der Waals surface area contributed by atoms with E-state index in [1.54, 1.807) is 0 Å². The van der Waals surface area contributed by atoms with E-state index in [1.807, 2.05) is 6.92 Å². The van der Waals surface area contributed by atoms with Crippen LogP contribution in [-0.4, -0.2) is 59.4 Å². The van der Waals surface area contributed by atoms with Gasteiger partial charge in [0.05, 0.1) is 10.6 Å². The fraction of sp³-hybridized carbons (Fsp3) is 0.909. The Kier molecular flexibility index (Phi) is 4.75. The molecule has 0 saturated carbocycles.